The van der Waals surface area contributed by atoms with Gasteiger partial charge in [-0.25, -0.2) is 0 Å². The van der Waals surface area contributed by atoms with Crippen LogP contribution in [0, 0.1) is 10.1 Å². The molecule has 0 saturated carbocycles. The first kappa shape index (κ1) is 11.0. The number of rotatable bonds is 2. The van der Waals surface area contributed by atoms with Crippen LogP contribution in [0.1, 0.15) is 0 Å². The van der Waals surface area contributed by atoms with Crippen LogP contribution < -0.4 is 9.47 Å². The van der Waals surface area contributed by atoms with E-state index in [0.717, 1.165) is 21.9 Å². The van der Waals surface area contributed by atoms with Crippen LogP contribution in [-0.2, 0) is 0 Å². The maximum atomic E-state index is 10.6. The maximum Gasteiger partial charge on any atom is 0.269 e. The highest BCUT2D eigenvalue weighted by Crippen LogP contribution is 2.45. The van der Waals surface area contributed by atoms with Crippen molar-refractivity contribution in [2.24, 2.45) is 0 Å². The number of nitro groups is 1. The van der Waals surface area contributed by atoms with Gasteiger partial charge in [0.2, 0.25) is 0 Å². The van der Waals surface area contributed by atoms with E-state index in [4.69, 9.17) is 9.47 Å². The number of hydrogen-bond donors (Lipinski definition) is 0. The summed E-state index contributed by atoms with van der Waals surface area (Å²) in [5, 5.41) is 12.5. The Kier molecular flexibility index (Phi) is 2.64. The fraction of sp³-hybridized carbons (Fsp3) is 0.167. The lowest BCUT2D eigenvalue weighted by Gasteiger charge is -2.15. The standard InChI is InChI=1S/C12H9NO4S/c14-13(15)9-3-1-8(2-4-9)12-11-10(7-18-12)16-5-6-17-11/h1-4,7H,5-6H2. The second-order valence-electron chi connectivity index (χ2n) is 3.76. The molecular weight excluding hydrogens is 254 g/mol. The molecule has 5 nitrogen and oxygen atoms in total. The van der Waals surface area contributed by atoms with Crippen molar-refractivity contribution in [1.29, 1.82) is 0 Å². The zero-order chi connectivity index (χ0) is 12.5. The minimum atomic E-state index is -0.409. The van der Waals surface area contributed by atoms with Crippen LogP contribution in [0.5, 0.6) is 11.5 Å². The number of fused-ring (bicyclic) bond motifs is 1. The molecule has 0 unspecified atom stereocenters. The van der Waals surface area contributed by atoms with Crippen molar-refractivity contribution in [1.82, 2.24) is 0 Å². The molecule has 92 valence electrons. The average molecular weight is 263 g/mol. The Hall–Kier alpha value is -2.08. The summed E-state index contributed by atoms with van der Waals surface area (Å²) in [5.41, 5.74) is 0.985. The molecule has 0 saturated heterocycles. The Morgan fingerprint density at radius 1 is 1.17 bits per heavy atom. The number of non-ortho nitro benzene ring substituents is 1. The molecule has 18 heavy (non-hydrogen) atoms. The molecule has 1 aromatic heterocycles. The Labute approximate surface area is 107 Å². The highest BCUT2D eigenvalue weighted by Gasteiger charge is 2.20. The molecule has 0 radical (unpaired) electrons. The lowest BCUT2D eigenvalue weighted by molar-refractivity contribution is -0.384. The third-order valence-corrected chi connectivity index (χ3v) is 3.63. The van der Waals surface area contributed by atoms with E-state index in [-0.39, 0.29) is 5.69 Å². The minimum absolute atomic E-state index is 0.0846. The number of hydrogen-bond acceptors (Lipinski definition) is 5. The second kappa shape index (κ2) is 4.30. The molecule has 3 rings (SSSR count). The van der Waals surface area contributed by atoms with E-state index in [9.17, 15) is 10.1 Å². The third kappa shape index (κ3) is 1.80. The van der Waals surface area contributed by atoms with Gasteiger partial charge in [0.25, 0.3) is 5.69 Å². The highest BCUT2D eigenvalue weighted by atomic mass is 32.1. The van der Waals surface area contributed by atoms with Crippen LogP contribution in [-0.4, -0.2) is 18.1 Å². The fourth-order valence-electron chi connectivity index (χ4n) is 1.80. The number of nitrogens with zero attached hydrogens (tertiary/aromatic N) is 1. The molecule has 6 heteroatoms. The first-order valence-electron chi connectivity index (χ1n) is 5.37. The number of ether oxygens (including phenoxy) is 2. The Balaban J connectivity index is 1.99. The molecular formula is C12H9NO4S. The van der Waals surface area contributed by atoms with Gasteiger partial charge in [-0.3, -0.25) is 10.1 Å². The van der Waals surface area contributed by atoms with Gasteiger partial charge >= 0.3 is 0 Å². The quantitative estimate of drug-likeness (QED) is 0.617. The predicted molar refractivity (Wildman–Crippen MR) is 67.4 cm³/mol. The lowest BCUT2D eigenvalue weighted by atomic mass is 10.1. The first-order valence-corrected chi connectivity index (χ1v) is 6.25. The summed E-state index contributed by atoms with van der Waals surface area (Å²) in [7, 11) is 0. The van der Waals surface area contributed by atoms with Crippen LogP contribution in [0.25, 0.3) is 10.4 Å². The van der Waals surface area contributed by atoms with Crippen LogP contribution in [0.4, 0.5) is 5.69 Å². The molecule has 0 N–H and O–H groups in total. The summed E-state index contributed by atoms with van der Waals surface area (Å²) < 4.78 is 11.0. The van der Waals surface area contributed by atoms with Crippen LogP contribution >= 0.6 is 11.3 Å². The molecule has 1 aliphatic rings. The van der Waals surface area contributed by atoms with Crippen molar-refractivity contribution < 1.29 is 14.4 Å². The van der Waals surface area contributed by atoms with E-state index in [0.29, 0.717) is 13.2 Å². The Morgan fingerprint density at radius 2 is 1.89 bits per heavy atom. The lowest BCUT2D eigenvalue weighted by Crippen LogP contribution is -2.14. The molecule has 2 aromatic rings. The number of thiophene rings is 1. The largest absolute Gasteiger partial charge is 0.485 e. The zero-order valence-corrected chi connectivity index (χ0v) is 10.1. The first-order chi connectivity index (χ1) is 8.75. The van der Waals surface area contributed by atoms with Crippen LogP contribution in [0.15, 0.2) is 29.6 Å². The highest BCUT2D eigenvalue weighted by molar-refractivity contribution is 7.14. The molecule has 1 aliphatic heterocycles. The molecule has 0 bridgehead atoms. The minimum Gasteiger partial charge on any atom is -0.485 e. The Morgan fingerprint density at radius 3 is 2.61 bits per heavy atom. The van der Waals surface area contributed by atoms with E-state index in [1.54, 1.807) is 12.1 Å². The summed E-state index contributed by atoms with van der Waals surface area (Å²) >= 11 is 1.51. The van der Waals surface area contributed by atoms with Crippen LogP contribution in [0.3, 0.4) is 0 Å². The predicted octanol–water partition coefficient (Wildman–Crippen LogP) is 3.09. The summed E-state index contributed by atoms with van der Waals surface area (Å²) in [5.74, 6) is 1.49. The monoisotopic (exact) mass is 263 g/mol. The van der Waals surface area contributed by atoms with E-state index >= 15 is 0 Å². The molecule has 1 aromatic carbocycles. The SMILES string of the molecule is O=[N+]([O-])c1ccc(-c2scc3c2OCCO3)cc1. The van der Waals surface area contributed by atoms with Gasteiger partial charge in [-0.15, -0.1) is 11.3 Å². The molecule has 0 aliphatic carbocycles. The number of nitro benzene ring substituents is 1. The van der Waals surface area contributed by atoms with Crippen molar-refractivity contribution in [3.63, 3.8) is 0 Å². The van der Waals surface area contributed by atoms with E-state index in [2.05, 4.69) is 0 Å². The normalized spacial score (nSPS) is 13.3. The van der Waals surface area contributed by atoms with Gasteiger partial charge in [-0.1, -0.05) is 0 Å². The van der Waals surface area contributed by atoms with Crippen molar-refractivity contribution in [2.45, 2.75) is 0 Å². The summed E-state index contributed by atoms with van der Waals surface area (Å²) in [6.07, 6.45) is 0. The molecule has 0 fully saturated rings. The van der Waals surface area contributed by atoms with Gasteiger partial charge in [0.1, 0.15) is 13.2 Å². The zero-order valence-electron chi connectivity index (χ0n) is 9.29. The van der Waals surface area contributed by atoms with Crippen molar-refractivity contribution >= 4 is 17.0 Å². The smallest absolute Gasteiger partial charge is 0.269 e. The summed E-state index contributed by atoms with van der Waals surface area (Å²) in [6, 6.07) is 6.43. The van der Waals surface area contributed by atoms with E-state index in [1.165, 1.54) is 23.5 Å². The molecule has 2 heterocycles. The van der Waals surface area contributed by atoms with E-state index in [1.807, 2.05) is 5.38 Å². The van der Waals surface area contributed by atoms with Crippen molar-refractivity contribution in [3.05, 3.63) is 39.8 Å². The summed E-state index contributed by atoms with van der Waals surface area (Å²) in [4.78, 5) is 11.1. The average Bonchev–Trinajstić information content (AvgIpc) is 2.82. The summed E-state index contributed by atoms with van der Waals surface area (Å²) in [6.45, 7) is 1.09. The third-order valence-electron chi connectivity index (χ3n) is 2.64. The van der Waals surface area contributed by atoms with Crippen molar-refractivity contribution in [3.8, 4) is 21.9 Å². The maximum absolute atomic E-state index is 10.6. The van der Waals surface area contributed by atoms with Gasteiger partial charge in [0.15, 0.2) is 11.5 Å². The van der Waals surface area contributed by atoms with Gasteiger partial charge in [0, 0.05) is 17.5 Å². The second-order valence-corrected chi connectivity index (χ2v) is 4.64. The fourth-order valence-corrected chi connectivity index (χ4v) is 2.74. The molecule has 0 spiro atoms. The Bertz CT molecular complexity index is 591. The van der Waals surface area contributed by atoms with Gasteiger partial charge in [-0.2, -0.15) is 0 Å². The van der Waals surface area contributed by atoms with E-state index < -0.39 is 4.92 Å². The molecule has 0 atom stereocenters. The van der Waals surface area contributed by atoms with Crippen LogP contribution in [0.2, 0.25) is 0 Å². The van der Waals surface area contributed by atoms with Gasteiger partial charge in [0.05, 0.1) is 9.80 Å². The van der Waals surface area contributed by atoms with Gasteiger partial charge < -0.3 is 9.47 Å². The van der Waals surface area contributed by atoms with Gasteiger partial charge in [-0.05, 0) is 17.7 Å². The topological polar surface area (TPSA) is 61.6 Å². The molecule has 0 amide bonds. The number of benzene rings is 1. The van der Waals surface area contributed by atoms with Crippen molar-refractivity contribution in [2.75, 3.05) is 13.2 Å².